The lowest BCUT2D eigenvalue weighted by Crippen LogP contribution is -2.11. The highest BCUT2D eigenvalue weighted by atomic mass is 16.5. The van der Waals surface area contributed by atoms with Crippen LogP contribution in [0.1, 0.15) is 18.2 Å². The van der Waals surface area contributed by atoms with E-state index in [1.54, 1.807) is 12.3 Å². The highest BCUT2D eigenvalue weighted by molar-refractivity contribution is 5.27. The van der Waals surface area contributed by atoms with E-state index in [-0.39, 0.29) is 0 Å². The van der Waals surface area contributed by atoms with Gasteiger partial charge >= 0.3 is 0 Å². The van der Waals surface area contributed by atoms with Crippen LogP contribution in [-0.2, 0) is 13.2 Å². The Bertz CT molecular complexity index is 423. The first-order valence-corrected chi connectivity index (χ1v) is 5.70. The molecule has 0 amide bonds. The maximum Gasteiger partial charge on any atom is 0.174 e. The molecular formula is C13H16N2O2. The second-order valence-corrected chi connectivity index (χ2v) is 3.69. The zero-order valence-electron chi connectivity index (χ0n) is 9.85. The Hall–Kier alpha value is -1.81. The fourth-order valence-corrected chi connectivity index (χ4v) is 1.44. The maximum absolute atomic E-state index is 5.56. The summed E-state index contributed by atoms with van der Waals surface area (Å²) in [5.74, 6) is 1.56. The molecule has 0 unspecified atom stereocenters. The number of benzene rings is 1. The summed E-state index contributed by atoms with van der Waals surface area (Å²) in [7, 11) is 0. The van der Waals surface area contributed by atoms with Crippen LogP contribution in [0.3, 0.4) is 0 Å². The monoisotopic (exact) mass is 232 g/mol. The van der Waals surface area contributed by atoms with E-state index in [1.165, 1.54) is 5.56 Å². The molecule has 17 heavy (non-hydrogen) atoms. The third-order valence-electron chi connectivity index (χ3n) is 2.37. The average Bonchev–Trinajstić information content (AvgIpc) is 2.88. The first-order chi connectivity index (χ1) is 8.38. The van der Waals surface area contributed by atoms with Gasteiger partial charge in [0, 0.05) is 12.6 Å². The van der Waals surface area contributed by atoms with Crippen molar-refractivity contribution in [1.29, 1.82) is 0 Å². The summed E-state index contributed by atoms with van der Waals surface area (Å²) in [5, 5.41) is 6.89. The van der Waals surface area contributed by atoms with Crippen LogP contribution in [0.25, 0.3) is 0 Å². The van der Waals surface area contributed by atoms with Crippen molar-refractivity contribution in [2.75, 3.05) is 6.54 Å². The molecular weight excluding hydrogens is 216 g/mol. The first kappa shape index (κ1) is 11.7. The molecule has 4 nitrogen and oxygen atoms in total. The fourth-order valence-electron chi connectivity index (χ4n) is 1.44. The molecule has 1 N–H and O–H groups in total. The van der Waals surface area contributed by atoms with Crippen LogP contribution < -0.4 is 10.1 Å². The third-order valence-corrected chi connectivity index (χ3v) is 2.37. The Balaban J connectivity index is 1.85. The highest BCUT2D eigenvalue weighted by Gasteiger charge is 1.99. The topological polar surface area (TPSA) is 47.3 Å². The zero-order valence-corrected chi connectivity index (χ0v) is 9.85. The van der Waals surface area contributed by atoms with Crippen LogP contribution in [0.15, 0.2) is 41.1 Å². The van der Waals surface area contributed by atoms with Crippen LogP contribution in [0.5, 0.6) is 5.75 Å². The maximum atomic E-state index is 5.56. The molecule has 0 saturated heterocycles. The van der Waals surface area contributed by atoms with Gasteiger partial charge in [-0.2, -0.15) is 0 Å². The number of hydrogen-bond donors (Lipinski definition) is 1. The molecule has 4 heteroatoms. The van der Waals surface area contributed by atoms with Gasteiger partial charge in [-0.15, -0.1) is 0 Å². The minimum absolute atomic E-state index is 0.409. The van der Waals surface area contributed by atoms with Gasteiger partial charge in [-0.25, -0.2) is 0 Å². The predicted molar refractivity (Wildman–Crippen MR) is 64.7 cm³/mol. The molecule has 0 radical (unpaired) electrons. The Labute approximate surface area is 101 Å². The Morgan fingerprint density at radius 3 is 2.71 bits per heavy atom. The molecule has 0 saturated carbocycles. The van der Waals surface area contributed by atoms with Gasteiger partial charge in [0.15, 0.2) is 5.76 Å². The van der Waals surface area contributed by atoms with Crippen LogP contribution in [0.4, 0.5) is 0 Å². The van der Waals surface area contributed by atoms with E-state index in [2.05, 4.69) is 29.5 Å². The van der Waals surface area contributed by atoms with Gasteiger partial charge in [0.2, 0.25) is 0 Å². The second kappa shape index (κ2) is 6.06. The number of rotatable bonds is 6. The van der Waals surface area contributed by atoms with Crippen molar-refractivity contribution < 1.29 is 9.26 Å². The van der Waals surface area contributed by atoms with E-state index in [0.717, 1.165) is 24.6 Å². The van der Waals surface area contributed by atoms with Gasteiger partial charge in [0.25, 0.3) is 0 Å². The van der Waals surface area contributed by atoms with Crippen LogP contribution in [0.2, 0.25) is 0 Å². The summed E-state index contributed by atoms with van der Waals surface area (Å²) < 4.78 is 10.5. The van der Waals surface area contributed by atoms with E-state index < -0.39 is 0 Å². The summed E-state index contributed by atoms with van der Waals surface area (Å²) in [6.07, 6.45) is 1.61. The van der Waals surface area contributed by atoms with Gasteiger partial charge < -0.3 is 14.6 Å². The molecule has 0 aliphatic carbocycles. The number of aromatic nitrogens is 1. The predicted octanol–water partition coefficient (Wildman–Crippen LogP) is 2.36. The molecule has 90 valence electrons. The van der Waals surface area contributed by atoms with Gasteiger partial charge in [-0.1, -0.05) is 24.2 Å². The van der Waals surface area contributed by atoms with Gasteiger partial charge in [-0.3, -0.25) is 0 Å². The summed E-state index contributed by atoms with van der Waals surface area (Å²) in [4.78, 5) is 0. The molecule has 0 aliphatic heterocycles. The van der Waals surface area contributed by atoms with Crippen LogP contribution >= 0.6 is 0 Å². The zero-order chi connectivity index (χ0) is 11.9. The Morgan fingerprint density at radius 2 is 2.06 bits per heavy atom. The van der Waals surface area contributed by atoms with Gasteiger partial charge in [-0.05, 0) is 24.2 Å². The standard InChI is InChI=1S/C13H16N2O2/c1-2-14-9-11-3-5-12(6-4-11)16-10-13-7-8-15-17-13/h3-8,14H,2,9-10H2,1H3. The smallest absolute Gasteiger partial charge is 0.174 e. The molecule has 0 atom stereocenters. The van der Waals surface area contributed by atoms with Crippen molar-refractivity contribution in [2.24, 2.45) is 0 Å². The minimum atomic E-state index is 0.409. The van der Waals surface area contributed by atoms with E-state index in [0.29, 0.717) is 6.61 Å². The van der Waals surface area contributed by atoms with Gasteiger partial charge in [0.1, 0.15) is 12.4 Å². The number of hydrogen-bond acceptors (Lipinski definition) is 4. The quantitative estimate of drug-likeness (QED) is 0.830. The molecule has 2 rings (SSSR count). The SMILES string of the molecule is CCNCc1ccc(OCc2ccno2)cc1. The molecule has 0 aliphatic rings. The largest absolute Gasteiger partial charge is 0.486 e. The van der Waals surface area contributed by atoms with Crippen molar-refractivity contribution in [2.45, 2.75) is 20.1 Å². The van der Waals surface area contributed by atoms with Crippen molar-refractivity contribution in [3.63, 3.8) is 0 Å². The molecule has 0 fully saturated rings. The third kappa shape index (κ3) is 3.60. The molecule has 1 aromatic carbocycles. The van der Waals surface area contributed by atoms with Crippen molar-refractivity contribution in [3.8, 4) is 5.75 Å². The van der Waals surface area contributed by atoms with Crippen LogP contribution in [-0.4, -0.2) is 11.7 Å². The average molecular weight is 232 g/mol. The van der Waals surface area contributed by atoms with Crippen molar-refractivity contribution in [3.05, 3.63) is 47.9 Å². The Morgan fingerprint density at radius 1 is 1.24 bits per heavy atom. The molecule has 1 aromatic heterocycles. The molecule has 1 heterocycles. The summed E-state index contributed by atoms with van der Waals surface area (Å²) in [6.45, 7) is 4.37. The first-order valence-electron chi connectivity index (χ1n) is 5.70. The second-order valence-electron chi connectivity index (χ2n) is 3.69. The number of nitrogens with zero attached hydrogens (tertiary/aromatic N) is 1. The van der Waals surface area contributed by atoms with Crippen LogP contribution in [0, 0.1) is 0 Å². The fraction of sp³-hybridized carbons (Fsp3) is 0.308. The van der Waals surface area contributed by atoms with E-state index in [9.17, 15) is 0 Å². The number of ether oxygens (including phenoxy) is 1. The molecule has 0 spiro atoms. The lowest BCUT2D eigenvalue weighted by molar-refractivity contribution is 0.249. The number of nitrogens with one attached hydrogen (secondary N) is 1. The summed E-state index contributed by atoms with van der Waals surface area (Å²) >= 11 is 0. The highest BCUT2D eigenvalue weighted by Crippen LogP contribution is 2.13. The molecule has 2 aromatic rings. The summed E-state index contributed by atoms with van der Waals surface area (Å²) in [5.41, 5.74) is 1.25. The van der Waals surface area contributed by atoms with Crippen molar-refractivity contribution in [1.82, 2.24) is 10.5 Å². The van der Waals surface area contributed by atoms with Gasteiger partial charge in [0.05, 0.1) is 6.20 Å². The van der Waals surface area contributed by atoms with Crippen molar-refractivity contribution >= 4 is 0 Å². The Kier molecular flexibility index (Phi) is 4.16. The normalized spacial score (nSPS) is 10.4. The van der Waals surface area contributed by atoms with E-state index in [1.807, 2.05) is 12.1 Å². The lowest BCUT2D eigenvalue weighted by atomic mass is 10.2. The minimum Gasteiger partial charge on any atom is -0.486 e. The van der Waals surface area contributed by atoms with E-state index in [4.69, 9.17) is 9.26 Å². The van der Waals surface area contributed by atoms with E-state index >= 15 is 0 Å². The summed E-state index contributed by atoms with van der Waals surface area (Å²) in [6, 6.07) is 9.82. The lowest BCUT2D eigenvalue weighted by Gasteiger charge is -2.05. The molecule has 0 bridgehead atoms.